The third-order valence-corrected chi connectivity index (χ3v) is 8.77. The number of H-pyrrole nitrogens is 1. The van der Waals surface area contributed by atoms with E-state index in [4.69, 9.17) is 23.2 Å². The van der Waals surface area contributed by atoms with Gasteiger partial charge in [0.25, 0.3) is 21.6 Å². The monoisotopic (exact) mass is 702 g/mol. The standard InChI is InChI=1S/C32H24Cl2N8O5S/c1-18-29(31(43)41(39-18)22-6-4-3-5-7-22)37-35-27-14-8-20(16-25(27)33)21-9-15-28(26(34)17-21)36-38-30-19(2)40-42(32(30)44)23-10-12-24(13-11-23)48(45,46)47/h3-17,29,40H,1-2H3,(H,45,46,47). The number of anilines is 1. The van der Waals surface area contributed by atoms with Crippen molar-refractivity contribution in [3.8, 4) is 16.8 Å². The molecular weight excluding hydrogens is 679 g/mol. The van der Waals surface area contributed by atoms with Gasteiger partial charge in [-0.3, -0.25) is 19.2 Å². The summed E-state index contributed by atoms with van der Waals surface area (Å²) in [6.45, 7) is 3.35. The van der Waals surface area contributed by atoms with Crippen LogP contribution in [0, 0.1) is 6.92 Å². The molecule has 4 aromatic carbocycles. The Labute approximate surface area is 283 Å². The van der Waals surface area contributed by atoms with Crippen molar-refractivity contribution in [3.63, 3.8) is 0 Å². The summed E-state index contributed by atoms with van der Waals surface area (Å²) in [5.41, 5.74) is 3.54. The van der Waals surface area contributed by atoms with Crippen LogP contribution in [-0.4, -0.2) is 40.4 Å². The van der Waals surface area contributed by atoms with E-state index >= 15 is 0 Å². The first kappa shape index (κ1) is 32.7. The molecule has 5 aromatic rings. The van der Waals surface area contributed by atoms with Crippen LogP contribution in [0.2, 0.25) is 10.0 Å². The lowest BCUT2D eigenvalue weighted by Crippen LogP contribution is -2.29. The molecule has 1 atom stereocenters. The minimum absolute atomic E-state index is 0.0269. The summed E-state index contributed by atoms with van der Waals surface area (Å²) in [5, 5.41) is 25.8. The summed E-state index contributed by atoms with van der Waals surface area (Å²) in [4.78, 5) is 25.7. The topological polar surface area (TPSA) is 174 Å². The van der Waals surface area contributed by atoms with E-state index < -0.39 is 21.7 Å². The number of carbonyl (C=O) groups is 1. The van der Waals surface area contributed by atoms with Gasteiger partial charge >= 0.3 is 0 Å². The fraction of sp³-hybridized carbons (Fsp3) is 0.0938. The van der Waals surface area contributed by atoms with E-state index in [0.717, 1.165) is 11.1 Å². The SMILES string of the molecule is CC1=NN(c2ccccc2)C(=O)C1N=Nc1ccc(-c2ccc(N=Nc3c(C)[nH]n(-c4ccc(S(=O)(=O)O)cc4)c3=O)c(Cl)c2)cc1Cl. The molecule has 0 saturated heterocycles. The van der Waals surface area contributed by atoms with Crippen LogP contribution in [0.1, 0.15) is 12.6 Å². The van der Waals surface area contributed by atoms with E-state index in [9.17, 15) is 22.6 Å². The summed E-state index contributed by atoms with van der Waals surface area (Å²) < 4.78 is 33.0. The number of hydrogen-bond acceptors (Lipinski definition) is 9. The van der Waals surface area contributed by atoms with E-state index in [1.807, 2.05) is 18.2 Å². The van der Waals surface area contributed by atoms with Crippen LogP contribution in [-0.2, 0) is 14.9 Å². The lowest BCUT2D eigenvalue weighted by molar-refractivity contribution is -0.117. The number of nitrogens with zero attached hydrogens (tertiary/aromatic N) is 7. The molecule has 1 aliphatic heterocycles. The highest BCUT2D eigenvalue weighted by molar-refractivity contribution is 7.85. The Morgan fingerprint density at radius 1 is 0.792 bits per heavy atom. The first-order valence-electron chi connectivity index (χ1n) is 14.2. The van der Waals surface area contributed by atoms with E-state index in [1.54, 1.807) is 62.4 Å². The molecule has 48 heavy (non-hydrogen) atoms. The third-order valence-electron chi connectivity index (χ3n) is 7.30. The van der Waals surface area contributed by atoms with Crippen LogP contribution in [0.25, 0.3) is 16.8 Å². The van der Waals surface area contributed by atoms with Crippen LogP contribution in [0.5, 0.6) is 0 Å². The van der Waals surface area contributed by atoms with Crippen molar-refractivity contribution in [1.29, 1.82) is 0 Å². The molecule has 1 unspecified atom stereocenters. The smallest absolute Gasteiger partial charge is 0.293 e. The predicted octanol–water partition coefficient (Wildman–Crippen LogP) is 7.98. The van der Waals surface area contributed by atoms with Gasteiger partial charge in [0, 0.05) is 0 Å². The number of amides is 1. The zero-order valence-electron chi connectivity index (χ0n) is 25.1. The largest absolute Gasteiger partial charge is 0.299 e. The molecule has 0 fully saturated rings. The first-order chi connectivity index (χ1) is 22.9. The Kier molecular flexibility index (Phi) is 8.90. The van der Waals surface area contributed by atoms with Gasteiger partial charge in [0.05, 0.1) is 37.7 Å². The molecule has 2 heterocycles. The average Bonchev–Trinajstić information content (AvgIpc) is 3.52. The van der Waals surface area contributed by atoms with Crippen molar-refractivity contribution in [1.82, 2.24) is 9.78 Å². The van der Waals surface area contributed by atoms with E-state index in [2.05, 4.69) is 30.7 Å². The molecule has 242 valence electrons. The van der Waals surface area contributed by atoms with Crippen LogP contribution in [0.3, 0.4) is 0 Å². The maximum atomic E-state index is 13.0. The Morgan fingerprint density at radius 3 is 1.98 bits per heavy atom. The Balaban J connectivity index is 1.17. The number of nitrogens with one attached hydrogen (secondary N) is 1. The molecule has 0 saturated carbocycles. The lowest BCUT2D eigenvalue weighted by Gasteiger charge is -2.11. The van der Waals surface area contributed by atoms with Gasteiger partial charge in [0.2, 0.25) is 0 Å². The van der Waals surface area contributed by atoms with E-state index in [0.29, 0.717) is 39.2 Å². The molecule has 13 nitrogen and oxygen atoms in total. The average molecular weight is 704 g/mol. The zero-order chi connectivity index (χ0) is 34.2. The normalized spacial score (nSPS) is 15.2. The number of carbonyl (C=O) groups excluding carboxylic acids is 1. The van der Waals surface area contributed by atoms with E-state index in [-0.39, 0.29) is 21.5 Å². The molecule has 1 aliphatic rings. The molecule has 0 bridgehead atoms. The number of halogens is 2. The fourth-order valence-electron chi connectivity index (χ4n) is 4.81. The molecule has 2 N–H and O–H groups in total. The van der Waals surface area contributed by atoms with Gasteiger partial charge in [-0.05, 0) is 85.6 Å². The van der Waals surface area contributed by atoms with E-state index in [1.165, 1.54) is 34.0 Å². The Hall–Kier alpha value is -5.28. The van der Waals surface area contributed by atoms with Crippen LogP contribution in [0.4, 0.5) is 22.7 Å². The molecule has 0 aliphatic carbocycles. The molecule has 0 radical (unpaired) electrons. The van der Waals surface area contributed by atoms with Crippen LogP contribution >= 0.6 is 23.2 Å². The predicted molar refractivity (Wildman–Crippen MR) is 182 cm³/mol. The van der Waals surface area contributed by atoms with Gasteiger partial charge in [-0.1, -0.05) is 53.5 Å². The van der Waals surface area contributed by atoms with Crippen LogP contribution in [0.15, 0.2) is 126 Å². The summed E-state index contributed by atoms with van der Waals surface area (Å²) in [5.74, 6) is -0.313. The summed E-state index contributed by atoms with van der Waals surface area (Å²) >= 11 is 13.1. The second-order valence-corrected chi connectivity index (χ2v) is 12.8. The van der Waals surface area contributed by atoms with Crippen molar-refractivity contribution >= 4 is 67.7 Å². The second kappa shape index (κ2) is 13.1. The van der Waals surface area contributed by atoms with Gasteiger partial charge in [-0.25, -0.2) is 4.68 Å². The van der Waals surface area contributed by atoms with Gasteiger partial charge < -0.3 is 0 Å². The maximum absolute atomic E-state index is 13.0. The maximum Gasteiger partial charge on any atom is 0.299 e. The summed E-state index contributed by atoms with van der Waals surface area (Å²) in [7, 11) is -4.37. The quantitative estimate of drug-likeness (QED) is 0.123. The number of rotatable bonds is 8. The lowest BCUT2D eigenvalue weighted by atomic mass is 10.1. The number of aromatic nitrogens is 2. The van der Waals surface area contributed by atoms with Crippen molar-refractivity contribution in [2.75, 3.05) is 5.01 Å². The highest BCUT2D eigenvalue weighted by Crippen LogP contribution is 2.35. The molecule has 1 aromatic heterocycles. The van der Waals surface area contributed by atoms with Gasteiger partial charge in [-0.15, -0.1) is 10.2 Å². The molecule has 0 spiro atoms. The minimum Gasteiger partial charge on any atom is -0.293 e. The number of benzene rings is 4. The third kappa shape index (κ3) is 6.59. The van der Waals surface area contributed by atoms with Crippen molar-refractivity contribution in [3.05, 3.63) is 117 Å². The molecule has 16 heteroatoms. The second-order valence-electron chi connectivity index (χ2n) is 10.6. The highest BCUT2D eigenvalue weighted by atomic mass is 35.5. The van der Waals surface area contributed by atoms with Crippen molar-refractivity contribution in [2.24, 2.45) is 25.6 Å². The number of hydrazone groups is 1. The molecule has 6 rings (SSSR count). The van der Waals surface area contributed by atoms with Gasteiger partial charge in [0.15, 0.2) is 11.7 Å². The van der Waals surface area contributed by atoms with Gasteiger partial charge in [-0.2, -0.15) is 28.8 Å². The van der Waals surface area contributed by atoms with Crippen molar-refractivity contribution < 1.29 is 17.8 Å². The van der Waals surface area contributed by atoms with Crippen LogP contribution < -0.4 is 10.6 Å². The summed E-state index contributed by atoms with van der Waals surface area (Å²) in [6.07, 6.45) is 0. The highest BCUT2D eigenvalue weighted by Gasteiger charge is 2.34. The number of para-hydroxylation sites is 1. The van der Waals surface area contributed by atoms with Crippen molar-refractivity contribution in [2.45, 2.75) is 24.8 Å². The number of hydrogen-bond donors (Lipinski definition) is 2. The fourth-order valence-corrected chi connectivity index (χ4v) is 5.72. The first-order valence-corrected chi connectivity index (χ1v) is 16.4. The Morgan fingerprint density at radius 2 is 1.40 bits per heavy atom. The Bertz CT molecular complexity index is 2320. The number of aromatic amines is 1. The molecule has 1 amide bonds. The number of azo groups is 2. The molecular formula is C32H24Cl2N8O5S. The summed E-state index contributed by atoms with van der Waals surface area (Å²) in [6, 6.07) is 23.5. The zero-order valence-corrected chi connectivity index (χ0v) is 27.4. The van der Waals surface area contributed by atoms with Gasteiger partial charge in [0.1, 0.15) is 11.4 Å². The minimum atomic E-state index is -4.37. The number of aryl methyl sites for hydroxylation is 1.